The van der Waals surface area contributed by atoms with Crippen molar-refractivity contribution in [1.82, 2.24) is 20.2 Å². The van der Waals surface area contributed by atoms with Crippen molar-refractivity contribution in [2.45, 2.75) is 19.0 Å². The van der Waals surface area contributed by atoms with Crippen molar-refractivity contribution in [1.29, 1.82) is 0 Å². The van der Waals surface area contributed by atoms with Crippen LogP contribution in [0.1, 0.15) is 12.5 Å². The van der Waals surface area contributed by atoms with Crippen LogP contribution in [0.15, 0.2) is 42.7 Å². The largest absolute Gasteiger partial charge is 0.497 e. The molecule has 1 atom stereocenters. The number of anilines is 1. The molecule has 0 spiro atoms. The molecule has 1 aliphatic rings. The van der Waals surface area contributed by atoms with E-state index in [9.17, 15) is 19.5 Å². The fraction of sp³-hybridized carbons (Fsp3) is 0.182. The van der Waals surface area contributed by atoms with Gasteiger partial charge in [0.05, 0.1) is 13.7 Å². The van der Waals surface area contributed by atoms with Gasteiger partial charge in [-0.25, -0.2) is 9.78 Å². The third-order valence-electron chi connectivity index (χ3n) is 4.91. The molecular weight excluding hydrogens is 414 g/mol. The normalized spacial score (nSPS) is 17.3. The number of carbonyl (C=O) groups is 3. The number of imide groups is 1. The lowest BCUT2D eigenvalue weighted by molar-refractivity contribution is -0.122. The van der Waals surface area contributed by atoms with Gasteiger partial charge in [0, 0.05) is 35.7 Å². The van der Waals surface area contributed by atoms with Crippen molar-refractivity contribution in [2.24, 2.45) is 0 Å². The van der Waals surface area contributed by atoms with E-state index in [4.69, 9.17) is 4.74 Å². The number of methoxy groups -OCH3 is 1. The van der Waals surface area contributed by atoms with Crippen LogP contribution >= 0.6 is 0 Å². The number of amides is 4. The predicted molar refractivity (Wildman–Crippen MR) is 115 cm³/mol. The summed E-state index contributed by atoms with van der Waals surface area (Å²) < 4.78 is 6.64. The molecule has 1 aliphatic heterocycles. The standard InChI is InChI=1S/C22H19N5O5/c1-13(28)24-18-6-3-14(10-23-18)7-8-22(20(30)25-21(31)26-22)12-27-11-15-4-5-16(32-2)9-17(15)19(27)29/h3-6,9-11,29H,12H2,1-2H3,(H,23,24,28)(H2,25,26,30,31)/t22-/m1/s1. The molecule has 4 rings (SSSR count). The fourth-order valence-electron chi connectivity index (χ4n) is 3.36. The minimum absolute atomic E-state index is 0.0876. The van der Waals surface area contributed by atoms with Gasteiger partial charge in [0.1, 0.15) is 11.6 Å². The van der Waals surface area contributed by atoms with Gasteiger partial charge in [0.2, 0.25) is 11.4 Å². The molecule has 10 heteroatoms. The summed E-state index contributed by atoms with van der Waals surface area (Å²) in [6.07, 6.45) is 3.10. The summed E-state index contributed by atoms with van der Waals surface area (Å²) in [5.41, 5.74) is -1.14. The van der Waals surface area contributed by atoms with Crippen molar-refractivity contribution in [2.75, 3.05) is 12.4 Å². The molecular formula is C22H19N5O5. The average molecular weight is 433 g/mol. The second-order valence-corrected chi connectivity index (χ2v) is 7.21. The summed E-state index contributed by atoms with van der Waals surface area (Å²) in [5.74, 6) is 5.62. The highest BCUT2D eigenvalue weighted by molar-refractivity contribution is 6.09. The van der Waals surface area contributed by atoms with E-state index >= 15 is 0 Å². The van der Waals surface area contributed by atoms with Gasteiger partial charge in [-0.05, 0) is 30.3 Å². The Labute approximate surface area is 182 Å². The summed E-state index contributed by atoms with van der Waals surface area (Å²) in [7, 11) is 1.52. The number of urea groups is 1. The van der Waals surface area contributed by atoms with Crippen LogP contribution in [0.3, 0.4) is 0 Å². The van der Waals surface area contributed by atoms with Crippen molar-refractivity contribution >= 4 is 34.4 Å². The molecule has 4 N–H and O–H groups in total. The first-order valence-electron chi connectivity index (χ1n) is 9.56. The molecule has 1 saturated heterocycles. The van der Waals surface area contributed by atoms with Crippen LogP contribution in [0.25, 0.3) is 10.8 Å². The number of benzene rings is 1. The molecule has 0 saturated carbocycles. The summed E-state index contributed by atoms with van der Waals surface area (Å²) in [5, 5.41) is 19.3. The number of nitrogens with zero attached hydrogens (tertiary/aromatic N) is 2. The third kappa shape index (κ3) is 3.91. The second-order valence-electron chi connectivity index (χ2n) is 7.21. The second kappa shape index (κ2) is 7.96. The Hall–Kier alpha value is -4.52. The van der Waals surface area contributed by atoms with Crippen LogP contribution in [-0.2, 0) is 16.1 Å². The van der Waals surface area contributed by atoms with Gasteiger partial charge in [-0.1, -0.05) is 11.8 Å². The molecule has 32 heavy (non-hydrogen) atoms. The first-order valence-corrected chi connectivity index (χ1v) is 9.56. The van der Waals surface area contributed by atoms with Crippen LogP contribution in [0.4, 0.5) is 10.6 Å². The summed E-state index contributed by atoms with van der Waals surface area (Å²) >= 11 is 0. The number of aromatic nitrogens is 2. The highest BCUT2D eigenvalue weighted by atomic mass is 16.5. The number of hydrogen-bond acceptors (Lipinski definition) is 6. The summed E-state index contributed by atoms with van der Waals surface area (Å²) in [4.78, 5) is 39.8. The number of hydrogen-bond donors (Lipinski definition) is 4. The van der Waals surface area contributed by atoms with Crippen molar-refractivity contribution in [3.05, 3.63) is 48.3 Å². The first kappa shape index (κ1) is 20.7. The van der Waals surface area contributed by atoms with Gasteiger partial charge < -0.3 is 25.0 Å². The molecule has 0 aliphatic carbocycles. The maximum absolute atomic E-state index is 12.7. The van der Waals surface area contributed by atoms with E-state index < -0.39 is 17.5 Å². The lowest BCUT2D eigenvalue weighted by atomic mass is 10.00. The first-order chi connectivity index (χ1) is 15.3. The number of rotatable bonds is 4. The zero-order valence-corrected chi connectivity index (χ0v) is 17.2. The maximum atomic E-state index is 12.7. The van der Waals surface area contributed by atoms with E-state index in [1.54, 1.807) is 36.5 Å². The Balaban J connectivity index is 1.68. The van der Waals surface area contributed by atoms with Gasteiger partial charge in [0.25, 0.3) is 5.91 Å². The molecule has 1 fully saturated rings. The zero-order chi connectivity index (χ0) is 22.9. The minimum Gasteiger partial charge on any atom is -0.497 e. The van der Waals surface area contributed by atoms with Crippen LogP contribution in [-0.4, -0.2) is 45.2 Å². The van der Waals surface area contributed by atoms with Gasteiger partial charge >= 0.3 is 6.03 Å². The van der Waals surface area contributed by atoms with Crippen molar-refractivity contribution < 1.29 is 24.2 Å². The Morgan fingerprint density at radius 2 is 2.12 bits per heavy atom. The molecule has 0 unspecified atom stereocenters. The third-order valence-corrected chi connectivity index (χ3v) is 4.91. The van der Waals surface area contributed by atoms with Gasteiger partial charge in [-0.15, -0.1) is 0 Å². The molecule has 0 radical (unpaired) electrons. The van der Waals surface area contributed by atoms with E-state index in [0.717, 1.165) is 5.39 Å². The lowest BCUT2D eigenvalue weighted by Crippen LogP contribution is -2.49. The highest BCUT2D eigenvalue weighted by Crippen LogP contribution is 2.31. The quantitative estimate of drug-likeness (QED) is 0.362. The number of nitrogens with one attached hydrogen (secondary N) is 3. The number of carbonyl (C=O) groups excluding carboxylic acids is 3. The van der Waals surface area contributed by atoms with Crippen molar-refractivity contribution in [3.8, 4) is 23.5 Å². The molecule has 1 aromatic carbocycles. The smallest absolute Gasteiger partial charge is 0.323 e. The monoisotopic (exact) mass is 433 g/mol. The van der Waals surface area contributed by atoms with E-state index in [2.05, 4.69) is 32.8 Å². The maximum Gasteiger partial charge on any atom is 0.323 e. The van der Waals surface area contributed by atoms with E-state index in [-0.39, 0.29) is 18.3 Å². The predicted octanol–water partition coefficient (Wildman–Crippen LogP) is 1.34. The summed E-state index contributed by atoms with van der Waals surface area (Å²) in [6.45, 7) is 1.24. The van der Waals surface area contributed by atoms with Gasteiger partial charge in [-0.2, -0.15) is 0 Å². The molecule has 3 aromatic rings. The molecule has 0 bridgehead atoms. The Morgan fingerprint density at radius 3 is 2.75 bits per heavy atom. The highest BCUT2D eigenvalue weighted by Gasteiger charge is 2.46. The van der Waals surface area contributed by atoms with Crippen LogP contribution in [0.2, 0.25) is 0 Å². The molecule has 162 valence electrons. The molecule has 4 amide bonds. The zero-order valence-electron chi connectivity index (χ0n) is 17.2. The molecule has 2 aromatic heterocycles. The van der Waals surface area contributed by atoms with E-state index in [0.29, 0.717) is 22.5 Å². The minimum atomic E-state index is -1.61. The fourth-order valence-corrected chi connectivity index (χ4v) is 3.36. The Kier molecular flexibility index (Phi) is 5.16. The lowest BCUT2D eigenvalue weighted by Gasteiger charge is -2.20. The van der Waals surface area contributed by atoms with Crippen LogP contribution in [0.5, 0.6) is 11.6 Å². The molecule has 10 nitrogen and oxygen atoms in total. The van der Waals surface area contributed by atoms with Gasteiger partial charge in [0.15, 0.2) is 5.88 Å². The van der Waals surface area contributed by atoms with E-state index in [1.165, 1.54) is 24.8 Å². The topological polar surface area (TPSA) is 135 Å². The van der Waals surface area contributed by atoms with Gasteiger partial charge in [-0.3, -0.25) is 14.9 Å². The number of pyridine rings is 1. The SMILES string of the molecule is COc1ccc2cn(C[C@@]3(C#Cc4ccc(NC(C)=O)nc4)NC(=O)NC3=O)c(O)c2c1. The average Bonchev–Trinajstić information content (AvgIpc) is 3.22. The number of ether oxygens (including phenoxy) is 1. The number of fused-ring (bicyclic) bond motifs is 1. The van der Waals surface area contributed by atoms with Crippen LogP contribution < -0.4 is 20.7 Å². The van der Waals surface area contributed by atoms with Crippen LogP contribution in [0, 0.1) is 11.8 Å². The Morgan fingerprint density at radius 1 is 1.31 bits per heavy atom. The van der Waals surface area contributed by atoms with Crippen molar-refractivity contribution in [3.63, 3.8) is 0 Å². The summed E-state index contributed by atoms with van der Waals surface area (Å²) in [6, 6.07) is 7.72. The van der Waals surface area contributed by atoms with E-state index in [1.807, 2.05) is 0 Å². The Bertz CT molecular complexity index is 1300. The number of aromatic hydroxyl groups is 1. The molecule has 3 heterocycles.